The van der Waals surface area contributed by atoms with Gasteiger partial charge in [0.1, 0.15) is 11.5 Å². The molecule has 1 aromatic heterocycles. The number of anilines is 1. The summed E-state index contributed by atoms with van der Waals surface area (Å²) in [4.78, 5) is 46.4. The number of likely N-dealkylation sites (tertiary alicyclic amines) is 2. The molecule has 172 valence electrons. The first-order valence-corrected chi connectivity index (χ1v) is 11.7. The van der Waals surface area contributed by atoms with Crippen LogP contribution < -0.4 is 10.6 Å². The Bertz CT molecular complexity index is 1060. The average Bonchev–Trinajstić information content (AvgIpc) is 2.99. The number of carbonyl (C=O) groups excluding carboxylic acids is 3. The van der Waals surface area contributed by atoms with E-state index in [0.29, 0.717) is 43.2 Å². The van der Waals surface area contributed by atoms with Gasteiger partial charge in [-0.2, -0.15) is 0 Å². The predicted octanol–water partition coefficient (Wildman–Crippen LogP) is 2.35. The minimum Gasteiger partial charge on any atom is -0.347 e. The van der Waals surface area contributed by atoms with Crippen molar-refractivity contribution in [2.45, 2.75) is 43.7 Å². The number of hydrogen-bond acceptors (Lipinski definition) is 5. The third-order valence-corrected chi connectivity index (χ3v) is 7.06. The summed E-state index contributed by atoms with van der Waals surface area (Å²) in [6, 6.07) is 13.8. The molecule has 8 heteroatoms. The van der Waals surface area contributed by atoms with Crippen molar-refractivity contribution in [3.05, 3.63) is 59.8 Å². The van der Waals surface area contributed by atoms with Crippen LogP contribution >= 0.6 is 0 Å². The number of benzene rings is 1. The SMILES string of the molecule is O=C1NC2(CCC(=O)N(CC(=O)N3CCCC(c4ccccc4)C3)CC2)Nc2ncccc21. The quantitative estimate of drug-likeness (QED) is 0.753. The van der Waals surface area contributed by atoms with Crippen molar-refractivity contribution in [2.24, 2.45) is 0 Å². The van der Waals surface area contributed by atoms with Crippen molar-refractivity contribution in [3.8, 4) is 0 Å². The predicted molar refractivity (Wildman–Crippen MR) is 123 cm³/mol. The van der Waals surface area contributed by atoms with E-state index in [2.05, 4.69) is 27.8 Å². The summed E-state index contributed by atoms with van der Waals surface area (Å²) in [5.41, 5.74) is 1.04. The minimum atomic E-state index is -0.727. The first-order valence-electron chi connectivity index (χ1n) is 11.7. The van der Waals surface area contributed by atoms with Crippen molar-refractivity contribution in [2.75, 3.05) is 31.5 Å². The van der Waals surface area contributed by atoms with E-state index >= 15 is 0 Å². The van der Waals surface area contributed by atoms with Gasteiger partial charge in [0, 0.05) is 44.6 Å². The first kappa shape index (κ1) is 21.4. The highest BCUT2D eigenvalue weighted by molar-refractivity contribution is 6.01. The van der Waals surface area contributed by atoms with Crippen LogP contribution in [0, 0.1) is 0 Å². The summed E-state index contributed by atoms with van der Waals surface area (Å²) < 4.78 is 0. The van der Waals surface area contributed by atoms with Crippen LogP contribution in [0.4, 0.5) is 5.82 Å². The summed E-state index contributed by atoms with van der Waals surface area (Å²) >= 11 is 0. The summed E-state index contributed by atoms with van der Waals surface area (Å²) in [5.74, 6) is 0.626. The van der Waals surface area contributed by atoms with Crippen LogP contribution in [0.2, 0.25) is 0 Å². The third-order valence-electron chi connectivity index (χ3n) is 7.06. The maximum atomic E-state index is 13.1. The third kappa shape index (κ3) is 4.42. The monoisotopic (exact) mass is 447 g/mol. The Morgan fingerprint density at radius 2 is 1.91 bits per heavy atom. The van der Waals surface area contributed by atoms with Gasteiger partial charge in [-0.15, -0.1) is 0 Å². The zero-order valence-corrected chi connectivity index (χ0v) is 18.6. The number of rotatable bonds is 3. The zero-order valence-electron chi connectivity index (χ0n) is 18.6. The molecule has 2 unspecified atom stereocenters. The number of pyridine rings is 1. The second kappa shape index (κ2) is 8.84. The number of hydrogen-bond donors (Lipinski definition) is 2. The standard InChI is InChI=1S/C25H29N5O3/c31-21-10-11-25(27-23-20(24(33)28-25)9-4-13-26-23)12-15-30(21)17-22(32)29-14-5-8-19(16-29)18-6-2-1-3-7-18/h1-4,6-7,9,13,19H,5,8,10-12,14-17H2,(H,26,27)(H,28,33). The van der Waals surface area contributed by atoms with Crippen molar-refractivity contribution >= 4 is 23.5 Å². The minimum absolute atomic E-state index is 0.00687. The van der Waals surface area contributed by atoms with Crippen LogP contribution in [0.5, 0.6) is 0 Å². The fourth-order valence-electron chi connectivity index (χ4n) is 5.17. The highest BCUT2D eigenvalue weighted by Gasteiger charge is 2.41. The summed E-state index contributed by atoms with van der Waals surface area (Å²) in [6.07, 6.45) is 4.91. The van der Waals surface area contributed by atoms with E-state index in [1.165, 1.54) is 5.56 Å². The number of carbonyl (C=O) groups is 3. The largest absolute Gasteiger partial charge is 0.347 e. The maximum absolute atomic E-state index is 13.1. The lowest BCUT2D eigenvalue weighted by atomic mass is 9.90. The molecule has 3 amide bonds. The number of fused-ring (bicyclic) bond motifs is 1. The number of piperidine rings is 1. The smallest absolute Gasteiger partial charge is 0.256 e. The fraction of sp³-hybridized carbons (Fsp3) is 0.440. The van der Waals surface area contributed by atoms with Crippen LogP contribution in [-0.2, 0) is 9.59 Å². The second-order valence-corrected chi connectivity index (χ2v) is 9.22. The number of amides is 3. The Morgan fingerprint density at radius 1 is 1.06 bits per heavy atom. The molecule has 2 atom stereocenters. The van der Waals surface area contributed by atoms with Crippen LogP contribution in [0.3, 0.4) is 0 Å². The normalized spacial score (nSPS) is 25.2. The van der Waals surface area contributed by atoms with E-state index < -0.39 is 5.66 Å². The molecule has 0 radical (unpaired) electrons. The lowest BCUT2D eigenvalue weighted by Gasteiger charge is -2.39. The fourth-order valence-corrected chi connectivity index (χ4v) is 5.17. The van der Waals surface area contributed by atoms with Crippen molar-refractivity contribution in [1.29, 1.82) is 0 Å². The molecular formula is C25H29N5O3. The molecule has 8 nitrogen and oxygen atoms in total. The zero-order chi connectivity index (χ0) is 22.8. The lowest BCUT2D eigenvalue weighted by molar-refractivity contribution is -0.140. The molecule has 2 aromatic rings. The van der Waals surface area contributed by atoms with Crippen LogP contribution in [-0.4, -0.2) is 64.3 Å². The van der Waals surface area contributed by atoms with Gasteiger partial charge in [0.05, 0.1) is 12.1 Å². The van der Waals surface area contributed by atoms with Gasteiger partial charge in [-0.1, -0.05) is 30.3 Å². The molecule has 0 bridgehead atoms. The van der Waals surface area contributed by atoms with Gasteiger partial charge in [0.15, 0.2) is 0 Å². The number of nitrogens with zero attached hydrogens (tertiary/aromatic N) is 3. The van der Waals surface area contributed by atoms with Crippen molar-refractivity contribution in [3.63, 3.8) is 0 Å². The highest BCUT2D eigenvalue weighted by Crippen LogP contribution is 2.31. The van der Waals surface area contributed by atoms with Gasteiger partial charge in [-0.3, -0.25) is 14.4 Å². The number of nitrogens with one attached hydrogen (secondary N) is 2. The first-order chi connectivity index (χ1) is 16.0. The van der Waals surface area contributed by atoms with Gasteiger partial charge in [0.2, 0.25) is 11.8 Å². The van der Waals surface area contributed by atoms with Gasteiger partial charge in [-0.25, -0.2) is 4.98 Å². The van der Waals surface area contributed by atoms with E-state index in [4.69, 9.17) is 0 Å². The highest BCUT2D eigenvalue weighted by atomic mass is 16.2. The van der Waals surface area contributed by atoms with E-state index in [9.17, 15) is 14.4 Å². The Morgan fingerprint density at radius 3 is 2.76 bits per heavy atom. The topological polar surface area (TPSA) is 94.6 Å². The number of aromatic nitrogens is 1. The molecule has 4 heterocycles. The Hall–Kier alpha value is -3.42. The maximum Gasteiger partial charge on any atom is 0.256 e. The Kier molecular flexibility index (Phi) is 5.74. The lowest BCUT2D eigenvalue weighted by Crippen LogP contribution is -2.58. The molecule has 1 aromatic carbocycles. The molecule has 3 aliphatic heterocycles. The molecular weight excluding hydrogens is 418 g/mol. The van der Waals surface area contributed by atoms with E-state index in [1.807, 2.05) is 23.1 Å². The molecule has 2 saturated heterocycles. The second-order valence-electron chi connectivity index (χ2n) is 9.22. The van der Waals surface area contributed by atoms with E-state index in [-0.39, 0.29) is 30.7 Å². The molecule has 0 aliphatic carbocycles. The molecule has 2 fully saturated rings. The molecule has 0 saturated carbocycles. The average molecular weight is 448 g/mol. The van der Waals surface area contributed by atoms with Gasteiger partial charge < -0.3 is 20.4 Å². The summed E-state index contributed by atoms with van der Waals surface area (Å²) in [5, 5.41) is 6.39. The van der Waals surface area contributed by atoms with Crippen molar-refractivity contribution in [1.82, 2.24) is 20.1 Å². The molecule has 5 rings (SSSR count). The Balaban J connectivity index is 1.23. The van der Waals surface area contributed by atoms with Crippen molar-refractivity contribution < 1.29 is 14.4 Å². The van der Waals surface area contributed by atoms with Gasteiger partial charge in [0.25, 0.3) is 5.91 Å². The van der Waals surface area contributed by atoms with Crippen LogP contribution in [0.15, 0.2) is 48.7 Å². The van der Waals surface area contributed by atoms with Crippen LogP contribution in [0.1, 0.15) is 53.9 Å². The van der Waals surface area contributed by atoms with E-state index in [1.54, 1.807) is 23.2 Å². The van der Waals surface area contributed by atoms with Gasteiger partial charge >= 0.3 is 0 Å². The molecule has 2 N–H and O–H groups in total. The molecule has 33 heavy (non-hydrogen) atoms. The van der Waals surface area contributed by atoms with E-state index in [0.717, 1.165) is 19.4 Å². The van der Waals surface area contributed by atoms with Crippen LogP contribution in [0.25, 0.3) is 0 Å². The summed E-state index contributed by atoms with van der Waals surface area (Å²) in [6.45, 7) is 1.90. The molecule has 3 aliphatic rings. The Labute approximate surface area is 193 Å². The molecule has 1 spiro atoms. The summed E-state index contributed by atoms with van der Waals surface area (Å²) in [7, 11) is 0. The van der Waals surface area contributed by atoms with Gasteiger partial charge in [-0.05, 0) is 37.0 Å².